The highest BCUT2D eigenvalue weighted by molar-refractivity contribution is 6.32. The number of carbonyl (C=O) groups excluding carboxylic acids is 2. The second-order valence-corrected chi connectivity index (χ2v) is 11.4. The van der Waals surface area contributed by atoms with Crippen LogP contribution in [0.25, 0.3) is 22.0 Å². The lowest BCUT2D eigenvalue weighted by Crippen LogP contribution is -2.49. The topological polar surface area (TPSA) is 52.0 Å². The minimum Gasteiger partial charge on any atom is -0.300 e. The van der Waals surface area contributed by atoms with Crippen LogP contribution in [0.3, 0.4) is 0 Å². The lowest BCUT2D eigenvalue weighted by atomic mass is 9.47. The zero-order chi connectivity index (χ0) is 25.7. The molecule has 0 N–H and O–H groups in total. The number of ketones is 2. The minimum absolute atomic E-state index is 0.0384. The molecule has 0 bridgehead atoms. The molecule has 3 aromatic carbocycles. The lowest BCUT2D eigenvalue weighted by Gasteiger charge is -2.57. The van der Waals surface area contributed by atoms with Gasteiger partial charge in [0.2, 0.25) is 0 Å². The molecule has 188 valence electrons. The number of Topliss-reactive ketones (excluding diaryl/α,β-unsaturated/α-hetero) is 2. The zero-order valence-electron chi connectivity index (χ0n) is 20.7. The van der Waals surface area contributed by atoms with Crippen molar-refractivity contribution in [2.75, 3.05) is 0 Å². The maximum Gasteiger partial charge on any atom is 0.165 e. The predicted molar refractivity (Wildman–Crippen MR) is 143 cm³/mol. The van der Waals surface area contributed by atoms with Crippen molar-refractivity contribution in [3.8, 4) is 11.1 Å². The van der Waals surface area contributed by atoms with Gasteiger partial charge in [-0.2, -0.15) is 5.10 Å². The number of benzene rings is 3. The number of hydrogen-bond acceptors (Lipinski definition) is 3. The van der Waals surface area contributed by atoms with Gasteiger partial charge < -0.3 is 0 Å². The molecule has 1 aromatic heterocycles. The van der Waals surface area contributed by atoms with Crippen LogP contribution >= 0.6 is 11.6 Å². The Morgan fingerprint density at radius 1 is 1.03 bits per heavy atom. The molecular weight excluding hydrogens is 487 g/mol. The maximum absolute atomic E-state index is 15.1. The molecule has 4 aromatic rings. The number of carbonyl (C=O) groups is 2. The Bertz CT molecular complexity index is 1510. The third-order valence-corrected chi connectivity index (χ3v) is 8.55. The molecule has 4 nitrogen and oxygen atoms in total. The van der Waals surface area contributed by atoms with Crippen LogP contribution in [-0.2, 0) is 11.3 Å². The first-order chi connectivity index (χ1) is 17.8. The van der Waals surface area contributed by atoms with E-state index in [-0.39, 0.29) is 35.3 Å². The smallest absolute Gasteiger partial charge is 0.165 e. The van der Waals surface area contributed by atoms with E-state index in [9.17, 15) is 9.59 Å². The number of fused-ring (bicyclic) bond motifs is 1. The number of rotatable bonds is 7. The third-order valence-electron chi connectivity index (χ3n) is 8.33. The van der Waals surface area contributed by atoms with Crippen molar-refractivity contribution in [2.45, 2.75) is 45.6 Å². The Balaban J connectivity index is 1.22. The summed E-state index contributed by atoms with van der Waals surface area (Å²) < 4.78 is 16.8. The molecule has 2 saturated carbocycles. The molecule has 0 aliphatic heterocycles. The summed E-state index contributed by atoms with van der Waals surface area (Å²) in [5.41, 5.74) is 3.78. The summed E-state index contributed by atoms with van der Waals surface area (Å²) >= 11 is 6.36. The molecule has 6 heteroatoms. The van der Waals surface area contributed by atoms with Crippen molar-refractivity contribution in [3.05, 3.63) is 88.8 Å². The van der Waals surface area contributed by atoms with Crippen LogP contribution in [-0.4, -0.2) is 21.3 Å². The highest BCUT2D eigenvalue weighted by Gasteiger charge is 2.53. The number of nitrogens with zero attached hydrogens (tertiary/aromatic N) is 2. The third kappa shape index (κ3) is 4.50. The molecule has 2 aliphatic rings. The number of hydrogen-bond donors (Lipinski definition) is 0. The van der Waals surface area contributed by atoms with E-state index in [0.717, 1.165) is 42.2 Å². The van der Waals surface area contributed by atoms with E-state index in [0.29, 0.717) is 34.0 Å². The average molecular weight is 515 g/mol. The molecule has 6 rings (SSSR count). The number of halogens is 2. The Morgan fingerprint density at radius 2 is 1.78 bits per heavy atom. The first-order valence-electron chi connectivity index (χ1n) is 12.8. The van der Waals surface area contributed by atoms with E-state index in [4.69, 9.17) is 11.6 Å². The van der Waals surface area contributed by atoms with Crippen molar-refractivity contribution in [1.82, 2.24) is 9.78 Å². The molecular formula is C31H28ClFN2O2. The fourth-order valence-electron chi connectivity index (χ4n) is 6.46. The van der Waals surface area contributed by atoms with Gasteiger partial charge in [-0.15, -0.1) is 0 Å². The monoisotopic (exact) mass is 514 g/mol. The number of aromatic nitrogens is 2. The van der Waals surface area contributed by atoms with Crippen molar-refractivity contribution in [2.24, 2.45) is 17.3 Å². The van der Waals surface area contributed by atoms with Crippen LogP contribution in [0.15, 0.2) is 66.9 Å². The molecule has 1 heterocycles. The van der Waals surface area contributed by atoms with Crippen molar-refractivity contribution in [3.63, 3.8) is 0 Å². The standard InChI is InChI=1S/C31H28ClFN2O2/c1-19(36)25-15-31(16-25)13-20(14-31)9-29(37)27-12-26(32)10-24-17-34-35(30(24)27)18-23-8-7-22(11-28(23)33)21-5-3-2-4-6-21/h2-8,10-12,17,20,25H,9,13-16,18H2,1H3. The van der Waals surface area contributed by atoms with Crippen LogP contribution in [0, 0.1) is 23.1 Å². The highest BCUT2D eigenvalue weighted by atomic mass is 35.5. The van der Waals surface area contributed by atoms with Gasteiger partial charge in [-0.05, 0) is 73.3 Å². The summed E-state index contributed by atoms with van der Waals surface area (Å²) in [5.74, 6) is 0.549. The summed E-state index contributed by atoms with van der Waals surface area (Å²) in [6.07, 6.45) is 6.08. The summed E-state index contributed by atoms with van der Waals surface area (Å²) in [5, 5.41) is 5.74. The average Bonchev–Trinajstić information content (AvgIpc) is 3.22. The second kappa shape index (κ2) is 9.21. The van der Waals surface area contributed by atoms with Crippen molar-refractivity contribution in [1.29, 1.82) is 0 Å². The van der Waals surface area contributed by atoms with Crippen LogP contribution in [0.5, 0.6) is 0 Å². The predicted octanol–water partition coefficient (Wildman–Crippen LogP) is 7.51. The van der Waals surface area contributed by atoms with E-state index < -0.39 is 0 Å². The summed E-state index contributed by atoms with van der Waals surface area (Å²) in [4.78, 5) is 25.0. The van der Waals surface area contributed by atoms with Gasteiger partial charge in [0.25, 0.3) is 0 Å². The molecule has 0 saturated heterocycles. The molecule has 1 spiro atoms. The Morgan fingerprint density at radius 3 is 2.49 bits per heavy atom. The van der Waals surface area contributed by atoms with Crippen LogP contribution < -0.4 is 0 Å². The molecule has 0 amide bonds. The van der Waals surface area contributed by atoms with Crippen LogP contribution in [0.4, 0.5) is 4.39 Å². The summed E-state index contributed by atoms with van der Waals surface area (Å²) in [6.45, 7) is 1.89. The lowest BCUT2D eigenvalue weighted by molar-refractivity contribution is -0.136. The molecule has 0 unspecified atom stereocenters. The van der Waals surface area contributed by atoms with Gasteiger partial charge in [-0.25, -0.2) is 4.39 Å². The fraction of sp³-hybridized carbons (Fsp3) is 0.323. The zero-order valence-corrected chi connectivity index (χ0v) is 21.5. The Kier molecular flexibility index (Phi) is 5.99. The quantitative estimate of drug-likeness (QED) is 0.240. The van der Waals surface area contributed by atoms with Gasteiger partial charge in [0, 0.05) is 33.9 Å². The van der Waals surface area contributed by atoms with Gasteiger partial charge >= 0.3 is 0 Å². The van der Waals surface area contributed by atoms with E-state index >= 15 is 4.39 Å². The molecule has 0 atom stereocenters. The van der Waals surface area contributed by atoms with Crippen molar-refractivity contribution < 1.29 is 14.0 Å². The molecule has 2 aliphatic carbocycles. The first kappa shape index (κ1) is 24.1. The summed E-state index contributed by atoms with van der Waals surface area (Å²) in [7, 11) is 0. The van der Waals surface area contributed by atoms with Crippen molar-refractivity contribution >= 4 is 34.1 Å². The van der Waals surface area contributed by atoms with E-state index in [1.807, 2.05) is 36.4 Å². The second-order valence-electron chi connectivity index (χ2n) is 11.0. The van der Waals surface area contributed by atoms with Gasteiger partial charge in [0.05, 0.1) is 18.3 Å². The highest BCUT2D eigenvalue weighted by Crippen LogP contribution is 2.62. The molecule has 0 radical (unpaired) electrons. The molecule has 37 heavy (non-hydrogen) atoms. The fourth-order valence-corrected chi connectivity index (χ4v) is 6.69. The largest absolute Gasteiger partial charge is 0.300 e. The van der Waals surface area contributed by atoms with Gasteiger partial charge in [-0.3, -0.25) is 14.3 Å². The first-order valence-corrected chi connectivity index (χ1v) is 13.2. The van der Waals surface area contributed by atoms with Gasteiger partial charge in [0.1, 0.15) is 11.6 Å². The Labute approximate surface area is 220 Å². The SMILES string of the molecule is CC(=O)C1CC2(CC(CC(=O)c3cc(Cl)cc4cnn(Cc5ccc(-c6ccccc6)cc5F)c34)C2)C1. The maximum atomic E-state index is 15.1. The Hall–Kier alpha value is -3.31. The van der Waals surface area contributed by atoms with Crippen LogP contribution in [0.1, 0.15) is 54.9 Å². The van der Waals surface area contributed by atoms with E-state index in [1.165, 1.54) is 0 Å². The normalized spacial score (nSPS) is 22.6. The van der Waals surface area contributed by atoms with E-state index in [2.05, 4.69) is 5.10 Å². The molecule has 2 fully saturated rings. The van der Waals surface area contributed by atoms with Crippen LogP contribution in [0.2, 0.25) is 5.02 Å². The minimum atomic E-state index is -0.309. The summed E-state index contributed by atoms with van der Waals surface area (Å²) in [6, 6.07) is 18.4. The van der Waals surface area contributed by atoms with E-state index in [1.54, 1.807) is 42.1 Å². The van der Waals surface area contributed by atoms with Gasteiger partial charge in [0.15, 0.2) is 5.78 Å². The van der Waals surface area contributed by atoms with Gasteiger partial charge in [-0.1, -0.05) is 54.1 Å².